The van der Waals surface area contributed by atoms with Crippen molar-refractivity contribution in [1.29, 1.82) is 0 Å². The molecule has 0 aliphatic heterocycles. The molecule has 0 spiro atoms. The average Bonchev–Trinajstić information content (AvgIpc) is 2.65. The van der Waals surface area contributed by atoms with Crippen molar-refractivity contribution in [1.82, 2.24) is 4.57 Å². The molecule has 15 heavy (non-hydrogen) atoms. The first kappa shape index (κ1) is 10.2. The molecule has 2 aromatic rings. The third kappa shape index (κ3) is 1.89. The number of aromatic nitrogens is 2. The molecule has 0 bridgehead atoms. The van der Waals surface area contributed by atoms with Crippen molar-refractivity contribution < 1.29 is 4.57 Å². The molecule has 0 amide bonds. The normalized spacial score (nSPS) is 11.1. The summed E-state index contributed by atoms with van der Waals surface area (Å²) in [5, 5.41) is 0. The summed E-state index contributed by atoms with van der Waals surface area (Å²) in [4.78, 5) is 0. The third-order valence-electron chi connectivity index (χ3n) is 2.87. The predicted molar refractivity (Wildman–Crippen MR) is 62.7 cm³/mol. The lowest BCUT2D eigenvalue weighted by Gasteiger charge is -1.94. The van der Waals surface area contributed by atoms with Gasteiger partial charge in [-0.2, -0.15) is 0 Å². The highest BCUT2D eigenvalue weighted by Crippen LogP contribution is 2.10. The Labute approximate surface area is 91.2 Å². The second-order valence-electron chi connectivity index (χ2n) is 3.94. The molecule has 0 aliphatic rings. The molecule has 2 heteroatoms. The van der Waals surface area contributed by atoms with E-state index in [9.17, 15) is 0 Å². The standard InChI is InChI=1S/C13H19N2/c1-3-5-10-15-11-14(4-2)12-8-6-7-9-13(12)15/h6-9,11H,3-5,10H2,1-2H3/q+1. The summed E-state index contributed by atoms with van der Waals surface area (Å²) >= 11 is 0. The van der Waals surface area contributed by atoms with Crippen LogP contribution in [0.4, 0.5) is 0 Å². The molecule has 0 saturated heterocycles. The summed E-state index contributed by atoms with van der Waals surface area (Å²) in [7, 11) is 0. The Balaban J connectivity index is 2.45. The fourth-order valence-corrected chi connectivity index (χ4v) is 2.00. The second-order valence-corrected chi connectivity index (χ2v) is 3.94. The van der Waals surface area contributed by atoms with E-state index in [-0.39, 0.29) is 0 Å². The van der Waals surface area contributed by atoms with E-state index < -0.39 is 0 Å². The molecule has 2 rings (SSSR count). The number of rotatable bonds is 4. The number of para-hydroxylation sites is 2. The first-order chi connectivity index (χ1) is 7.36. The summed E-state index contributed by atoms with van der Waals surface area (Å²) in [6, 6.07) is 8.63. The number of imidazole rings is 1. The Bertz CT molecular complexity index is 443. The third-order valence-corrected chi connectivity index (χ3v) is 2.87. The van der Waals surface area contributed by atoms with Crippen LogP contribution in [0.15, 0.2) is 30.6 Å². The van der Waals surface area contributed by atoms with Crippen molar-refractivity contribution in [3.63, 3.8) is 0 Å². The molecular weight excluding hydrogens is 184 g/mol. The van der Waals surface area contributed by atoms with Gasteiger partial charge in [0.05, 0.1) is 13.1 Å². The van der Waals surface area contributed by atoms with Gasteiger partial charge in [0.15, 0.2) is 11.0 Å². The lowest BCUT2D eigenvalue weighted by molar-refractivity contribution is -0.672. The Hall–Kier alpha value is -1.31. The molecule has 0 atom stereocenters. The van der Waals surface area contributed by atoms with Crippen LogP contribution in [0.2, 0.25) is 0 Å². The van der Waals surface area contributed by atoms with E-state index in [1.807, 2.05) is 0 Å². The topological polar surface area (TPSA) is 8.81 Å². The zero-order chi connectivity index (χ0) is 10.7. The van der Waals surface area contributed by atoms with Gasteiger partial charge in [-0.05, 0) is 25.5 Å². The number of fused-ring (bicyclic) bond motifs is 1. The number of unbranched alkanes of at least 4 members (excludes halogenated alkanes) is 1. The molecule has 0 aliphatic carbocycles. The van der Waals surface area contributed by atoms with Gasteiger partial charge in [0, 0.05) is 0 Å². The van der Waals surface area contributed by atoms with Gasteiger partial charge in [-0.3, -0.25) is 0 Å². The van der Waals surface area contributed by atoms with E-state index >= 15 is 0 Å². The average molecular weight is 203 g/mol. The van der Waals surface area contributed by atoms with E-state index in [1.165, 1.54) is 23.9 Å². The van der Waals surface area contributed by atoms with Crippen molar-refractivity contribution in [3.8, 4) is 0 Å². The van der Waals surface area contributed by atoms with E-state index in [0.717, 1.165) is 13.1 Å². The highest BCUT2D eigenvalue weighted by molar-refractivity contribution is 5.71. The maximum Gasteiger partial charge on any atom is 0.244 e. The first-order valence-electron chi connectivity index (χ1n) is 5.84. The maximum atomic E-state index is 2.36. The van der Waals surface area contributed by atoms with E-state index in [2.05, 4.69) is 53.6 Å². The van der Waals surface area contributed by atoms with Gasteiger partial charge in [-0.1, -0.05) is 25.5 Å². The van der Waals surface area contributed by atoms with Crippen LogP contribution in [0, 0.1) is 0 Å². The SMILES string of the molecule is CCCC[n+]1cn(CC)c2ccccc21. The van der Waals surface area contributed by atoms with Crippen LogP contribution in [-0.2, 0) is 13.1 Å². The first-order valence-corrected chi connectivity index (χ1v) is 5.84. The highest BCUT2D eigenvalue weighted by Gasteiger charge is 2.12. The monoisotopic (exact) mass is 203 g/mol. The molecule has 0 unspecified atom stereocenters. The van der Waals surface area contributed by atoms with Crippen LogP contribution in [0.25, 0.3) is 11.0 Å². The van der Waals surface area contributed by atoms with Crippen LogP contribution >= 0.6 is 0 Å². The summed E-state index contributed by atoms with van der Waals surface area (Å²) in [6.45, 7) is 6.60. The smallest absolute Gasteiger partial charge is 0.230 e. The van der Waals surface area contributed by atoms with Crippen LogP contribution in [0.3, 0.4) is 0 Å². The van der Waals surface area contributed by atoms with Gasteiger partial charge in [0.25, 0.3) is 0 Å². The minimum Gasteiger partial charge on any atom is -0.230 e. The molecule has 0 fully saturated rings. The number of hydrogen-bond acceptors (Lipinski definition) is 0. The van der Waals surface area contributed by atoms with Crippen LogP contribution in [0.1, 0.15) is 26.7 Å². The second kappa shape index (κ2) is 4.47. The number of hydrogen-bond donors (Lipinski definition) is 0. The number of aryl methyl sites for hydroxylation is 2. The van der Waals surface area contributed by atoms with E-state index in [1.54, 1.807) is 0 Å². The zero-order valence-electron chi connectivity index (χ0n) is 9.61. The fourth-order valence-electron chi connectivity index (χ4n) is 2.00. The molecule has 1 aromatic heterocycles. The molecular formula is C13H19N2+. The molecule has 1 aromatic carbocycles. The Kier molecular flexibility index (Phi) is 3.05. The Morgan fingerprint density at radius 3 is 2.73 bits per heavy atom. The molecule has 1 heterocycles. The van der Waals surface area contributed by atoms with Crippen LogP contribution in [-0.4, -0.2) is 4.57 Å². The number of benzene rings is 1. The Morgan fingerprint density at radius 2 is 2.00 bits per heavy atom. The minimum atomic E-state index is 1.04. The van der Waals surface area contributed by atoms with Gasteiger partial charge < -0.3 is 0 Å². The molecule has 0 N–H and O–H groups in total. The highest BCUT2D eigenvalue weighted by atomic mass is 15.1. The molecule has 80 valence electrons. The van der Waals surface area contributed by atoms with Crippen LogP contribution < -0.4 is 4.57 Å². The summed E-state index contributed by atoms with van der Waals surface area (Å²) < 4.78 is 4.67. The van der Waals surface area contributed by atoms with Gasteiger partial charge in [0.2, 0.25) is 6.33 Å². The lowest BCUT2D eigenvalue weighted by atomic mass is 10.3. The van der Waals surface area contributed by atoms with Gasteiger partial charge in [-0.25, -0.2) is 9.13 Å². The Morgan fingerprint density at radius 1 is 1.20 bits per heavy atom. The van der Waals surface area contributed by atoms with Gasteiger partial charge >= 0.3 is 0 Å². The molecule has 0 radical (unpaired) electrons. The van der Waals surface area contributed by atoms with Gasteiger partial charge in [0.1, 0.15) is 0 Å². The molecule has 2 nitrogen and oxygen atoms in total. The molecule has 0 saturated carbocycles. The summed E-state index contributed by atoms with van der Waals surface area (Å²) in [5.74, 6) is 0. The van der Waals surface area contributed by atoms with Crippen molar-refractivity contribution in [2.24, 2.45) is 0 Å². The van der Waals surface area contributed by atoms with Crippen molar-refractivity contribution in [3.05, 3.63) is 30.6 Å². The maximum absolute atomic E-state index is 2.36. The minimum absolute atomic E-state index is 1.04. The van der Waals surface area contributed by atoms with E-state index in [4.69, 9.17) is 0 Å². The zero-order valence-corrected chi connectivity index (χ0v) is 9.61. The fraction of sp³-hybridized carbons (Fsp3) is 0.462. The van der Waals surface area contributed by atoms with Crippen molar-refractivity contribution in [2.75, 3.05) is 0 Å². The summed E-state index contributed by atoms with van der Waals surface area (Å²) in [5.41, 5.74) is 2.70. The quantitative estimate of drug-likeness (QED) is 0.676. The van der Waals surface area contributed by atoms with Crippen LogP contribution in [0.5, 0.6) is 0 Å². The lowest BCUT2D eigenvalue weighted by Crippen LogP contribution is -2.32. The largest absolute Gasteiger partial charge is 0.244 e. The van der Waals surface area contributed by atoms with Crippen molar-refractivity contribution in [2.45, 2.75) is 39.8 Å². The van der Waals surface area contributed by atoms with Gasteiger partial charge in [-0.15, -0.1) is 0 Å². The number of nitrogens with zero attached hydrogens (tertiary/aromatic N) is 2. The predicted octanol–water partition coefficient (Wildman–Crippen LogP) is 2.75. The van der Waals surface area contributed by atoms with Crippen molar-refractivity contribution >= 4 is 11.0 Å². The summed E-state index contributed by atoms with van der Waals surface area (Å²) in [6.07, 6.45) is 4.74. The van der Waals surface area contributed by atoms with E-state index in [0.29, 0.717) is 0 Å².